The van der Waals surface area contributed by atoms with E-state index in [1.807, 2.05) is 0 Å². The Balaban J connectivity index is 1.72. The summed E-state index contributed by atoms with van der Waals surface area (Å²) in [6, 6.07) is 14.2. The van der Waals surface area contributed by atoms with E-state index in [1.165, 1.54) is 34.2 Å². The Labute approximate surface area is 197 Å². The molecule has 172 valence electrons. The molecule has 1 N–H and O–H groups in total. The molecule has 0 amide bonds. The largest absolute Gasteiger partial charge is 0.545 e. The number of aromatic carboxylic acids is 1. The summed E-state index contributed by atoms with van der Waals surface area (Å²) < 4.78 is 12.3. The lowest BCUT2D eigenvalue weighted by Crippen LogP contribution is -2.34. The van der Waals surface area contributed by atoms with Gasteiger partial charge in [0.15, 0.2) is 11.5 Å². The van der Waals surface area contributed by atoms with E-state index in [9.17, 15) is 19.5 Å². The van der Waals surface area contributed by atoms with Gasteiger partial charge in [-0.15, -0.1) is 11.3 Å². The minimum absolute atomic E-state index is 0.0517. The van der Waals surface area contributed by atoms with Crippen molar-refractivity contribution in [3.8, 4) is 17.2 Å². The maximum atomic E-state index is 13.0. The normalized spacial score (nSPS) is 11.4. The number of H-pyrrole nitrogens is 1. The number of rotatable bonds is 7. The monoisotopic (exact) mass is 475 g/mol. The summed E-state index contributed by atoms with van der Waals surface area (Å²) in [7, 11) is 0. The molecule has 0 aliphatic heterocycles. The quantitative estimate of drug-likeness (QED) is 0.320. The second-order valence-electron chi connectivity index (χ2n) is 7.13. The van der Waals surface area contributed by atoms with Gasteiger partial charge in [-0.05, 0) is 59.8 Å². The van der Waals surface area contributed by atoms with Crippen LogP contribution in [-0.2, 0) is 0 Å². The van der Waals surface area contributed by atoms with E-state index in [0.717, 1.165) is 0 Å². The highest BCUT2D eigenvalue weighted by molar-refractivity contribution is 7.12. The van der Waals surface area contributed by atoms with Crippen molar-refractivity contribution >= 4 is 35.9 Å². The number of esters is 1. The molecular weight excluding hydrogens is 456 g/mol. The van der Waals surface area contributed by atoms with Crippen LogP contribution in [-0.4, -0.2) is 28.3 Å². The Hall–Kier alpha value is -4.37. The molecule has 2 aromatic carbocycles. The molecule has 2 heterocycles. The molecule has 4 aromatic rings. The first kappa shape index (κ1) is 22.8. The molecule has 9 heteroatoms. The zero-order valence-electron chi connectivity index (χ0n) is 18.1. The predicted molar refractivity (Wildman–Crippen MR) is 126 cm³/mol. The van der Waals surface area contributed by atoms with E-state index in [2.05, 4.69) is 11.7 Å². The lowest BCUT2D eigenvalue weighted by Gasteiger charge is -2.10. The number of hydrogen-bond donors (Lipinski definition) is 1. The van der Waals surface area contributed by atoms with Crippen LogP contribution in [0.1, 0.15) is 32.5 Å². The molecule has 2 aromatic heterocycles. The third-order valence-corrected chi connectivity index (χ3v) is 5.70. The number of carbonyl (C=O) groups excluding carboxylic acids is 2. The number of nitrogens with one attached hydrogen (secondary N) is 1. The van der Waals surface area contributed by atoms with Crippen molar-refractivity contribution in [2.24, 2.45) is 0 Å². The maximum absolute atomic E-state index is 13.0. The van der Waals surface area contributed by atoms with E-state index in [1.54, 1.807) is 54.8 Å². The number of carboxylic acid groups (broad SMARTS) is 1. The Morgan fingerprint density at radius 1 is 1.15 bits per heavy atom. The number of ether oxygens (including phenoxy) is 2. The standard InChI is InChI=1S/C25H20N2O6S/c1-3-32-21-13-16(9-10-20(21)33-25(31)22-8-5-11-34-22)12-19-15(2)26-27(23(19)28)18-7-4-6-17(14-18)24(29)30/h4-14,26H,2-3H2,1H3,(H,29,30)/p-1/b19-12+. The molecule has 0 saturated carbocycles. The molecule has 0 aliphatic rings. The average Bonchev–Trinajstić information content (AvgIpc) is 3.46. The van der Waals surface area contributed by atoms with Crippen LogP contribution >= 0.6 is 11.3 Å². The van der Waals surface area contributed by atoms with Crippen molar-refractivity contribution in [3.05, 3.63) is 96.9 Å². The fourth-order valence-electron chi connectivity index (χ4n) is 3.28. The molecule has 0 aliphatic carbocycles. The van der Waals surface area contributed by atoms with Crippen LogP contribution in [0.15, 0.2) is 64.8 Å². The molecule has 0 bridgehead atoms. The molecule has 0 saturated heterocycles. The highest BCUT2D eigenvalue weighted by Crippen LogP contribution is 2.30. The lowest BCUT2D eigenvalue weighted by molar-refractivity contribution is -0.255. The molecule has 34 heavy (non-hydrogen) atoms. The van der Waals surface area contributed by atoms with Gasteiger partial charge in [0.05, 0.1) is 28.8 Å². The second kappa shape index (κ2) is 9.63. The van der Waals surface area contributed by atoms with E-state index in [-0.39, 0.29) is 16.5 Å². The van der Waals surface area contributed by atoms with Crippen LogP contribution in [0.5, 0.6) is 11.5 Å². The Morgan fingerprint density at radius 3 is 2.68 bits per heavy atom. The Morgan fingerprint density at radius 2 is 1.97 bits per heavy atom. The predicted octanol–water partition coefficient (Wildman–Crippen LogP) is 1.45. The van der Waals surface area contributed by atoms with Crippen molar-refractivity contribution in [3.63, 3.8) is 0 Å². The van der Waals surface area contributed by atoms with Crippen molar-refractivity contribution in [1.82, 2.24) is 9.78 Å². The van der Waals surface area contributed by atoms with Crippen molar-refractivity contribution < 1.29 is 24.2 Å². The number of nitrogens with zero attached hydrogens (tertiary/aromatic N) is 1. The number of aromatic amines is 1. The van der Waals surface area contributed by atoms with Crippen molar-refractivity contribution in [1.29, 1.82) is 0 Å². The first-order chi connectivity index (χ1) is 16.4. The van der Waals surface area contributed by atoms with Gasteiger partial charge in [-0.2, -0.15) is 0 Å². The third-order valence-electron chi connectivity index (χ3n) is 4.85. The topological polar surface area (TPSA) is 113 Å². The summed E-state index contributed by atoms with van der Waals surface area (Å²) in [5, 5.41) is 16.4. The van der Waals surface area contributed by atoms with Gasteiger partial charge in [0.25, 0.3) is 5.56 Å². The average molecular weight is 476 g/mol. The zero-order valence-corrected chi connectivity index (χ0v) is 18.9. The van der Waals surface area contributed by atoms with Gasteiger partial charge in [0, 0.05) is 0 Å². The molecule has 4 rings (SSSR count). The van der Waals surface area contributed by atoms with Gasteiger partial charge in [-0.3, -0.25) is 9.89 Å². The van der Waals surface area contributed by atoms with E-state index in [0.29, 0.717) is 33.8 Å². The smallest absolute Gasteiger partial charge is 0.353 e. The van der Waals surface area contributed by atoms with Crippen LogP contribution < -0.4 is 30.7 Å². The zero-order chi connectivity index (χ0) is 24.2. The summed E-state index contributed by atoms with van der Waals surface area (Å²) in [5.74, 6) is -1.21. The fourth-order valence-corrected chi connectivity index (χ4v) is 3.88. The number of aromatic nitrogens is 2. The number of benzene rings is 2. The molecular formula is C25H19N2O6S-. The number of carbonyl (C=O) groups is 2. The van der Waals surface area contributed by atoms with Crippen LogP contribution in [0.25, 0.3) is 18.3 Å². The van der Waals surface area contributed by atoms with Crippen molar-refractivity contribution in [2.45, 2.75) is 6.92 Å². The maximum Gasteiger partial charge on any atom is 0.353 e. The van der Waals surface area contributed by atoms with Crippen LogP contribution in [0.3, 0.4) is 0 Å². The second-order valence-corrected chi connectivity index (χ2v) is 8.08. The molecule has 0 unspecified atom stereocenters. The highest BCUT2D eigenvalue weighted by atomic mass is 32.1. The van der Waals surface area contributed by atoms with Crippen LogP contribution in [0, 0.1) is 0 Å². The summed E-state index contributed by atoms with van der Waals surface area (Å²) in [6.45, 7) is 6.04. The fraction of sp³-hybridized carbons (Fsp3) is 0.0800. The summed E-state index contributed by atoms with van der Waals surface area (Å²) in [5.41, 5.74) is 0.494. The van der Waals surface area contributed by atoms with E-state index in [4.69, 9.17) is 9.47 Å². The van der Waals surface area contributed by atoms with Crippen LogP contribution in [0.4, 0.5) is 0 Å². The van der Waals surface area contributed by atoms with Crippen LogP contribution in [0.2, 0.25) is 0 Å². The summed E-state index contributed by atoms with van der Waals surface area (Å²) in [4.78, 5) is 37.0. The van der Waals surface area contributed by atoms with Crippen molar-refractivity contribution in [2.75, 3.05) is 6.61 Å². The van der Waals surface area contributed by atoms with Gasteiger partial charge in [0.2, 0.25) is 0 Å². The van der Waals surface area contributed by atoms with Gasteiger partial charge >= 0.3 is 5.97 Å². The first-order valence-electron chi connectivity index (χ1n) is 10.2. The highest BCUT2D eigenvalue weighted by Gasteiger charge is 2.14. The number of thiophene rings is 1. The van der Waals surface area contributed by atoms with E-state index < -0.39 is 17.5 Å². The molecule has 8 nitrogen and oxygen atoms in total. The minimum Gasteiger partial charge on any atom is -0.545 e. The molecule has 0 fully saturated rings. The minimum atomic E-state index is -1.34. The number of hydrogen-bond acceptors (Lipinski definition) is 7. The first-order valence-corrected chi connectivity index (χ1v) is 11.1. The molecule has 0 radical (unpaired) electrons. The lowest BCUT2D eigenvalue weighted by atomic mass is 10.1. The summed E-state index contributed by atoms with van der Waals surface area (Å²) >= 11 is 1.28. The molecule has 0 spiro atoms. The van der Waals surface area contributed by atoms with Gasteiger partial charge in [0.1, 0.15) is 4.88 Å². The molecule has 0 atom stereocenters. The SMILES string of the molecule is C=c1[nH]n(-c2cccc(C(=O)[O-])c2)c(=O)/c1=C/c1ccc(OC(=O)c2cccs2)c(OCC)c1. The van der Waals surface area contributed by atoms with E-state index >= 15 is 0 Å². The van der Waals surface area contributed by atoms with Gasteiger partial charge in [-0.25, -0.2) is 9.48 Å². The Kier molecular flexibility index (Phi) is 6.46. The number of carboxylic acids is 1. The Bertz CT molecular complexity index is 1530. The van der Waals surface area contributed by atoms with Gasteiger partial charge < -0.3 is 19.4 Å². The summed E-state index contributed by atoms with van der Waals surface area (Å²) in [6.07, 6.45) is 1.62. The third kappa shape index (κ3) is 4.69. The van der Waals surface area contributed by atoms with Gasteiger partial charge in [-0.1, -0.05) is 30.8 Å².